The van der Waals surface area contributed by atoms with E-state index in [1.807, 2.05) is 25.2 Å². The van der Waals surface area contributed by atoms with Crippen molar-refractivity contribution in [1.29, 1.82) is 10.5 Å². The summed E-state index contributed by atoms with van der Waals surface area (Å²) in [6, 6.07) is 10.3. The molecule has 0 aliphatic carbocycles. The largest absolute Gasteiger partial charge is 0.493 e. The second kappa shape index (κ2) is 9.65. The van der Waals surface area contributed by atoms with E-state index in [9.17, 15) is 0 Å². The van der Waals surface area contributed by atoms with Crippen molar-refractivity contribution in [2.24, 2.45) is 5.92 Å². The lowest BCUT2D eigenvalue weighted by Gasteiger charge is -2.19. The Morgan fingerprint density at radius 3 is 2.50 bits per heavy atom. The van der Waals surface area contributed by atoms with Gasteiger partial charge in [-0.3, -0.25) is 0 Å². The Hall–Kier alpha value is -2.24. The molecule has 0 saturated heterocycles. The molecule has 118 valence electrons. The van der Waals surface area contributed by atoms with Crippen molar-refractivity contribution in [1.82, 2.24) is 4.90 Å². The molecule has 0 radical (unpaired) electrons. The predicted molar refractivity (Wildman–Crippen MR) is 84.7 cm³/mol. The van der Waals surface area contributed by atoms with E-state index in [1.165, 1.54) is 0 Å². The Morgan fingerprint density at radius 2 is 1.91 bits per heavy atom. The molecule has 0 amide bonds. The van der Waals surface area contributed by atoms with Crippen molar-refractivity contribution in [3.63, 3.8) is 0 Å². The van der Waals surface area contributed by atoms with Crippen LogP contribution in [0.25, 0.3) is 0 Å². The first kappa shape index (κ1) is 17.8. The fraction of sp³-hybridized carbons (Fsp3) is 0.529. The molecule has 0 aliphatic rings. The second-order valence-electron chi connectivity index (χ2n) is 5.22. The number of nitrogens with zero attached hydrogens (tertiary/aromatic N) is 3. The van der Waals surface area contributed by atoms with Gasteiger partial charge in [0.15, 0.2) is 11.5 Å². The normalized spacial score (nSPS) is 11.5. The summed E-state index contributed by atoms with van der Waals surface area (Å²) in [5, 5.41) is 17.7. The van der Waals surface area contributed by atoms with Crippen LogP contribution in [-0.2, 0) is 6.42 Å². The van der Waals surface area contributed by atoms with Crippen molar-refractivity contribution in [2.45, 2.75) is 19.3 Å². The van der Waals surface area contributed by atoms with E-state index < -0.39 is 0 Å². The molecule has 0 N–H and O–H groups in total. The van der Waals surface area contributed by atoms with Crippen LogP contribution in [0.5, 0.6) is 11.5 Å². The predicted octanol–water partition coefficient (Wildman–Crippen LogP) is 2.62. The highest BCUT2D eigenvalue weighted by Crippen LogP contribution is 2.27. The minimum atomic E-state index is -0.0879. The van der Waals surface area contributed by atoms with E-state index >= 15 is 0 Å². The van der Waals surface area contributed by atoms with Gasteiger partial charge < -0.3 is 14.4 Å². The van der Waals surface area contributed by atoms with E-state index in [0.717, 1.165) is 30.0 Å². The lowest BCUT2D eigenvalue weighted by Crippen LogP contribution is -2.27. The Bertz CT molecular complexity index is 546. The van der Waals surface area contributed by atoms with Gasteiger partial charge in [0.1, 0.15) is 0 Å². The van der Waals surface area contributed by atoms with E-state index in [4.69, 9.17) is 20.0 Å². The van der Waals surface area contributed by atoms with Crippen LogP contribution in [0.3, 0.4) is 0 Å². The first-order valence-corrected chi connectivity index (χ1v) is 7.30. The molecule has 0 saturated carbocycles. The molecular weight excluding hydrogens is 278 g/mol. The second-order valence-corrected chi connectivity index (χ2v) is 5.22. The van der Waals surface area contributed by atoms with Crippen LogP contribution in [0.4, 0.5) is 0 Å². The molecule has 0 spiro atoms. The average molecular weight is 301 g/mol. The number of benzene rings is 1. The van der Waals surface area contributed by atoms with Gasteiger partial charge in [0.25, 0.3) is 0 Å². The fourth-order valence-electron chi connectivity index (χ4n) is 2.26. The molecular formula is C17H23N3O2. The third kappa shape index (κ3) is 5.63. The van der Waals surface area contributed by atoms with Crippen LogP contribution in [0.15, 0.2) is 18.2 Å². The summed E-state index contributed by atoms with van der Waals surface area (Å²) in [7, 11) is 5.24. The molecule has 22 heavy (non-hydrogen) atoms. The number of hydrogen-bond acceptors (Lipinski definition) is 5. The Morgan fingerprint density at radius 1 is 1.18 bits per heavy atom. The van der Waals surface area contributed by atoms with Crippen molar-refractivity contribution < 1.29 is 9.47 Å². The highest BCUT2D eigenvalue weighted by Gasteiger charge is 2.11. The summed E-state index contributed by atoms with van der Waals surface area (Å²) in [5.74, 6) is 1.36. The molecule has 0 bridgehead atoms. The highest BCUT2D eigenvalue weighted by molar-refractivity contribution is 5.42. The number of nitriles is 2. The molecule has 1 atom stereocenters. The smallest absolute Gasteiger partial charge is 0.160 e. The van der Waals surface area contributed by atoms with Crippen LogP contribution in [0.1, 0.15) is 18.4 Å². The zero-order valence-electron chi connectivity index (χ0n) is 13.5. The number of hydrogen-bond donors (Lipinski definition) is 0. The minimum absolute atomic E-state index is 0.0879. The number of ether oxygens (including phenoxy) is 2. The van der Waals surface area contributed by atoms with Crippen LogP contribution in [0, 0.1) is 28.6 Å². The Balaban J connectivity index is 2.52. The summed E-state index contributed by atoms with van der Waals surface area (Å²) >= 11 is 0. The molecule has 0 heterocycles. The molecule has 0 unspecified atom stereocenters. The van der Waals surface area contributed by atoms with E-state index in [-0.39, 0.29) is 5.92 Å². The van der Waals surface area contributed by atoms with Crippen LogP contribution >= 0.6 is 0 Å². The van der Waals surface area contributed by atoms with Gasteiger partial charge in [-0.25, -0.2) is 0 Å². The third-order valence-corrected chi connectivity index (χ3v) is 3.55. The zero-order chi connectivity index (χ0) is 16.4. The van der Waals surface area contributed by atoms with Crippen LogP contribution in [-0.4, -0.2) is 39.3 Å². The van der Waals surface area contributed by atoms with Gasteiger partial charge in [0, 0.05) is 19.5 Å². The van der Waals surface area contributed by atoms with Gasteiger partial charge in [0.2, 0.25) is 0 Å². The molecule has 1 rings (SSSR count). The molecule has 0 aliphatic heterocycles. The molecule has 0 aromatic heterocycles. The van der Waals surface area contributed by atoms with Crippen LogP contribution < -0.4 is 9.47 Å². The SMILES string of the molecule is COc1ccc(CCN(C)C[C@H](C#N)CCC#N)cc1OC. The lowest BCUT2D eigenvalue weighted by atomic mass is 10.0. The molecule has 0 fully saturated rings. The first-order valence-electron chi connectivity index (χ1n) is 7.30. The third-order valence-electron chi connectivity index (χ3n) is 3.55. The van der Waals surface area contributed by atoms with Gasteiger partial charge in [-0.2, -0.15) is 10.5 Å². The fourth-order valence-corrected chi connectivity index (χ4v) is 2.26. The maximum absolute atomic E-state index is 9.10. The summed E-state index contributed by atoms with van der Waals surface area (Å²) in [6.07, 6.45) is 1.93. The van der Waals surface area contributed by atoms with Crippen molar-refractivity contribution in [2.75, 3.05) is 34.4 Å². The van der Waals surface area contributed by atoms with Crippen molar-refractivity contribution in [3.8, 4) is 23.6 Å². The molecule has 1 aromatic carbocycles. The van der Waals surface area contributed by atoms with E-state index in [0.29, 0.717) is 19.4 Å². The minimum Gasteiger partial charge on any atom is -0.493 e. The van der Waals surface area contributed by atoms with Gasteiger partial charge in [-0.1, -0.05) is 6.07 Å². The molecule has 1 aromatic rings. The first-order chi connectivity index (χ1) is 10.6. The average Bonchev–Trinajstić information content (AvgIpc) is 2.56. The standard InChI is InChI=1S/C17H23N3O2/c1-20(13-15(12-19)5-4-9-18)10-8-14-6-7-16(21-2)17(11-14)22-3/h6-7,11,15H,4-5,8,10,13H2,1-3H3/t15-/m0/s1. The van der Waals surface area contributed by atoms with Crippen molar-refractivity contribution >= 4 is 0 Å². The Kier molecular flexibility index (Phi) is 7.81. The topological polar surface area (TPSA) is 69.3 Å². The summed E-state index contributed by atoms with van der Waals surface area (Å²) in [5.41, 5.74) is 1.16. The quantitative estimate of drug-likeness (QED) is 0.701. The van der Waals surface area contributed by atoms with E-state index in [2.05, 4.69) is 17.0 Å². The zero-order valence-corrected chi connectivity index (χ0v) is 13.5. The maximum atomic E-state index is 9.10. The number of rotatable bonds is 9. The van der Waals surface area contributed by atoms with Crippen LogP contribution in [0.2, 0.25) is 0 Å². The van der Waals surface area contributed by atoms with Gasteiger partial charge in [-0.15, -0.1) is 0 Å². The van der Waals surface area contributed by atoms with E-state index in [1.54, 1.807) is 14.2 Å². The van der Waals surface area contributed by atoms with Gasteiger partial charge >= 0.3 is 0 Å². The number of likely N-dealkylation sites (N-methyl/N-ethyl adjacent to an activating group) is 1. The highest BCUT2D eigenvalue weighted by atomic mass is 16.5. The van der Waals surface area contributed by atoms with Gasteiger partial charge in [-0.05, 0) is 37.6 Å². The summed E-state index contributed by atoms with van der Waals surface area (Å²) < 4.78 is 10.5. The molecule has 5 nitrogen and oxygen atoms in total. The van der Waals surface area contributed by atoms with Crippen molar-refractivity contribution in [3.05, 3.63) is 23.8 Å². The molecule has 5 heteroatoms. The Labute approximate surface area is 132 Å². The van der Waals surface area contributed by atoms with Gasteiger partial charge in [0.05, 0.1) is 32.3 Å². The maximum Gasteiger partial charge on any atom is 0.160 e. The lowest BCUT2D eigenvalue weighted by molar-refractivity contribution is 0.300. The summed E-state index contributed by atoms with van der Waals surface area (Å²) in [6.45, 7) is 1.53. The monoisotopic (exact) mass is 301 g/mol. The summed E-state index contributed by atoms with van der Waals surface area (Å²) in [4.78, 5) is 2.13. The number of methoxy groups -OCH3 is 2.